The zero-order chi connectivity index (χ0) is 30.4. The number of rotatable bonds is 7. The molecule has 0 aromatic rings. The van der Waals surface area contributed by atoms with Gasteiger partial charge in [-0.1, -0.05) is 0 Å². The molecule has 4 aliphatic heterocycles. The zero-order valence-corrected chi connectivity index (χ0v) is 24.1. The summed E-state index contributed by atoms with van der Waals surface area (Å²) in [7, 11) is 4.86. The molecule has 5 rings (SSSR count). The van der Waals surface area contributed by atoms with Crippen LogP contribution < -0.4 is 26.6 Å². The van der Waals surface area contributed by atoms with Gasteiger partial charge in [0, 0.05) is 40.5 Å². The first-order chi connectivity index (χ1) is 19.8. The highest BCUT2D eigenvalue weighted by Crippen LogP contribution is 2.38. The van der Waals surface area contributed by atoms with Crippen LogP contribution in [0.3, 0.4) is 0 Å². The van der Waals surface area contributed by atoms with E-state index in [2.05, 4.69) is 26.6 Å². The van der Waals surface area contributed by atoms with E-state index in [1.165, 1.54) is 0 Å². The Kier molecular flexibility index (Phi) is 9.50. The predicted molar refractivity (Wildman–Crippen MR) is 141 cm³/mol. The molecule has 1 aliphatic carbocycles. The van der Waals surface area contributed by atoms with E-state index in [9.17, 15) is 26.3 Å². The van der Waals surface area contributed by atoms with E-state index in [1.807, 2.05) is 0 Å². The maximum atomic E-state index is 13.6. The third-order valence-electron chi connectivity index (χ3n) is 9.60. The van der Waals surface area contributed by atoms with Gasteiger partial charge in [0.15, 0.2) is 5.96 Å². The van der Waals surface area contributed by atoms with Gasteiger partial charge in [-0.15, -0.1) is 0 Å². The van der Waals surface area contributed by atoms with Gasteiger partial charge in [0.05, 0.1) is 24.3 Å². The van der Waals surface area contributed by atoms with E-state index in [0.29, 0.717) is 26.1 Å². The summed E-state index contributed by atoms with van der Waals surface area (Å²) < 4.78 is 91.9. The molecule has 0 radical (unpaired) electrons. The van der Waals surface area contributed by atoms with Crippen LogP contribution in [0.15, 0.2) is 0 Å². The van der Waals surface area contributed by atoms with Gasteiger partial charge < -0.3 is 19.3 Å². The van der Waals surface area contributed by atoms with E-state index < -0.39 is 37.1 Å². The molecule has 5 aliphatic rings. The first-order valence-electron chi connectivity index (χ1n) is 14.5. The fraction of sp³-hybridized carbons (Fsp3) is 0.960. The average Bonchev–Trinajstić information content (AvgIpc) is 3.45. The molecule has 7 unspecified atom stereocenters. The number of alkyl halides is 6. The second kappa shape index (κ2) is 12.5. The maximum absolute atomic E-state index is 13.6. The monoisotopic (exact) mass is 615 g/mol. The number of fused-ring (bicyclic) bond motifs is 1. The minimum Gasteiger partial charge on any atom is -0.366 e. The van der Waals surface area contributed by atoms with Crippen LogP contribution in [0.25, 0.3) is 0 Å². The van der Waals surface area contributed by atoms with Crippen molar-refractivity contribution in [3.8, 4) is 0 Å². The van der Waals surface area contributed by atoms with E-state index in [-0.39, 0.29) is 61.6 Å². The van der Waals surface area contributed by atoms with Crippen molar-refractivity contribution in [2.45, 2.75) is 81.1 Å². The van der Waals surface area contributed by atoms with E-state index in [0.717, 1.165) is 17.7 Å². The molecular formula is C25H43F6N9O2. The Morgan fingerprint density at radius 3 is 2.07 bits per heavy atom. The van der Waals surface area contributed by atoms with Crippen LogP contribution in [0, 0.1) is 23.2 Å². The lowest BCUT2D eigenvalue weighted by atomic mass is 9.80. The zero-order valence-electron chi connectivity index (χ0n) is 24.1. The molecule has 0 bridgehead atoms. The number of hydrogen-bond donors (Lipinski definition) is 6. The summed E-state index contributed by atoms with van der Waals surface area (Å²) in [6.45, 7) is -0.222. The third kappa shape index (κ3) is 6.62. The molecule has 6 N–H and O–H groups in total. The Morgan fingerprint density at radius 2 is 1.52 bits per heavy atom. The van der Waals surface area contributed by atoms with Crippen molar-refractivity contribution in [2.75, 3.05) is 54.1 Å². The van der Waals surface area contributed by atoms with Crippen LogP contribution in [-0.2, 0) is 9.47 Å². The molecule has 5 fully saturated rings. The van der Waals surface area contributed by atoms with E-state index >= 15 is 0 Å². The Hall–Kier alpha value is -1.47. The summed E-state index contributed by atoms with van der Waals surface area (Å²) in [6, 6.07) is -2.16. The van der Waals surface area contributed by atoms with Crippen LogP contribution >= 0.6 is 0 Å². The normalized spacial score (nSPS) is 40.5. The van der Waals surface area contributed by atoms with Crippen molar-refractivity contribution in [3.05, 3.63) is 0 Å². The van der Waals surface area contributed by atoms with Gasteiger partial charge in [-0.3, -0.25) is 36.9 Å². The minimum absolute atomic E-state index is 0.0516. The molecule has 1 saturated carbocycles. The molecule has 17 heteroatoms. The molecule has 0 amide bonds. The summed E-state index contributed by atoms with van der Waals surface area (Å²) in [5, 5.41) is 24.8. The second-order valence-corrected chi connectivity index (χ2v) is 12.2. The van der Waals surface area contributed by atoms with Crippen LogP contribution in [-0.4, -0.2) is 130 Å². The van der Waals surface area contributed by atoms with Gasteiger partial charge in [0.2, 0.25) is 0 Å². The Bertz CT molecular complexity index is 925. The lowest BCUT2D eigenvalue weighted by molar-refractivity contribution is -0.150. The van der Waals surface area contributed by atoms with Gasteiger partial charge in [-0.25, -0.2) is 0 Å². The summed E-state index contributed by atoms with van der Waals surface area (Å²) >= 11 is 0. The van der Waals surface area contributed by atoms with Crippen LogP contribution in [0.5, 0.6) is 0 Å². The highest BCUT2D eigenvalue weighted by atomic mass is 19.4. The number of hydrogen-bond acceptors (Lipinski definition) is 9. The van der Waals surface area contributed by atoms with Gasteiger partial charge in [0.1, 0.15) is 31.2 Å². The molecule has 242 valence electrons. The standard InChI is InChI=1S/C25H43F6N9O2/c1-38-10-16(25(29,30)31)36-19(38)14-6-4-13(5-7-14)9-39-20-15(40(23(39)32)11-24(26,27)28)8-33-18(37-20)17-21(41-2)34-12-35-22(17)42-3/h13-22,32-37H,4-12H2,1-3H3. The summed E-state index contributed by atoms with van der Waals surface area (Å²) in [5.41, 5.74) is 0. The fourth-order valence-electron chi connectivity index (χ4n) is 7.55. The second-order valence-electron chi connectivity index (χ2n) is 12.2. The largest absolute Gasteiger partial charge is 0.406 e. The number of nitrogens with zero attached hydrogens (tertiary/aromatic N) is 3. The third-order valence-corrected chi connectivity index (χ3v) is 9.60. The van der Waals surface area contributed by atoms with Gasteiger partial charge in [-0.2, -0.15) is 26.3 Å². The first-order valence-corrected chi connectivity index (χ1v) is 14.5. The molecular weight excluding hydrogens is 572 g/mol. The smallest absolute Gasteiger partial charge is 0.366 e. The lowest BCUT2D eigenvalue weighted by Gasteiger charge is -2.47. The van der Waals surface area contributed by atoms with Gasteiger partial charge in [-0.05, 0) is 44.6 Å². The number of nitrogens with one attached hydrogen (secondary N) is 6. The minimum atomic E-state index is -4.48. The summed E-state index contributed by atoms with van der Waals surface area (Å²) in [5.74, 6) is -0.286. The average molecular weight is 616 g/mol. The highest BCUT2D eigenvalue weighted by Gasteiger charge is 2.53. The number of likely N-dealkylation sites (N-methyl/N-ethyl adjacent to an activating group) is 1. The molecule has 0 spiro atoms. The van der Waals surface area contributed by atoms with Crippen molar-refractivity contribution in [3.63, 3.8) is 0 Å². The molecule has 11 nitrogen and oxygen atoms in total. The Balaban J connectivity index is 1.27. The van der Waals surface area contributed by atoms with Crippen molar-refractivity contribution in [1.82, 2.24) is 41.3 Å². The maximum Gasteiger partial charge on any atom is 0.406 e. The summed E-state index contributed by atoms with van der Waals surface area (Å²) in [4.78, 5) is 4.58. The lowest BCUT2D eigenvalue weighted by Crippen LogP contribution is -2.73. The Morgan fingerprint density at radius 1 is 0.881 bits per heavy atom. The molecule has 4 heterocycles. The quantitative estimate of drug-likeness (QED) is 0.228. The van der Waals surface area contributed by atoms with Crippen molar-refractivity contribution < 1.29 is 35.8 Å². The SMILES string of the molecule is COC1NCNC(OC)C1C1NCC2C(N1)N(CC1CCC(C3NC(C(F)(F)F)CN3C)CC1)C(=N)N2CC(F)(F)F. The van der Waals surface area contributed by atoms with Crippen molar-refractivity contribution in [1.29, 1.82) is 5.41 Å². The van der Waals surface area contributed by atoms with Crippen LogP contribution in [0.1, 0.15) is 25.7 Å². The fourth-order valence-corrected chi connectivity index (χ4v) is 7.55. The molecule has 0 aromatic carbocycles. The Labute approximate surface area is 241 Å². The predicted octanol–water partition coefficient (Wildman–Crippen LogP) is 0.625. The number of ether oxygens (including phenoxy) is 2. The highest BCUT2D eigenvalue weighted by molar-refractivity contribution is 5.80. The number of halogens is 6. The van der Waals surface area contributed by atoms with E-state index in [1.54, 1.807) is 31.1 Å². The molecule has 4 saturated heterocycles. The van der Waals surface area contributed by atoms with Gasteiger partial charge in [0.25, 0.3) is 0 Å². The number of methoxy groups -OCH3 is 2. The molecule has 0 aromatic heterocycles. The number of guanidine groups is 1. The van der Waals surface area contributed by atoms with Gasteiger partial charge >= 0.3 is 12.4 Å². The first kappa shape index (κ1) is 31.9. The summed E-state index contributed by atoms with van der Waals surface area (Å²) in [6.07, 6.45) is -7.96. The molecule has 42 heavy (non-hydrogen) atoms. The van der Waals surface area contributed by atoms with Crippen LogP contribution in [0.4, 0.5) is 26.3 Å². The van der Waals surface area contributed by atoms with E-state index in [4.69, 9.17) is 14.9 Å². The molecule has 7 atom stereocenters. The van der Waals surface area contributed by atoms with Crippen LogP contribution in [0.2, 0.25) is 0 Å². The topological polar surface area (TPSA) is 112 Å². The van der Waals surface area contributed by atoms with Crippen molar-refractivity contribution in [2.24, 2.45) is 17.8 Å². The van der Waals surface area contributed by atoms with Crippen molar-refractivity contribution >= 4 is 5.96 Å².